The molecule has 1 amide bonds. The van der Waals surface area contributed by atoms with E-state index in [1.54, 1.807) is 0 Å². The largest absolute Gasteiger partial charge is 0.358 e. The summed E-state index contributed by atoms with van der Waals surface area (Å²) < 4.78 is 0. The van der Waals surface area contributed by atoms with Gasteiger partial charge in [-0.2, -0.15) is 0 Å². The molecule has 2 N–H and O–H groups in total. The summed E-state index contributed by atoms with van der Waals surface area (Å²) in [5.41, 5.74) is 1.24. The fourth-order valence-electron chi connectivity index (χ4n) is 4.28. The Kier molecular flexibility index (Phi) is 7.07. The molecule has 1 aromatic carbocycles. The highest BCUT2D eigenvalue weighted by Crippen LogP contribution is 2.20. The Bertz CT molecular complexity index is 620. The van der Waals surface area contributed by atoms with Crippen molar-refractivity contribution >= 4 is 23.2 Å². The summed E-state index contributed by atoms with van der Waals surface area (Å²) >= 11 is 5.56. The number of piperazine rings is 1. The van der Waals surface area contributed by atoms with Crippen LogP contribution in [0.15, 0.2) is 30.3 Å². The molecule has 148 valence electrons. The molecule has 6 heteroatoms. The SMILES string of the molecule is C[C@H]1C[C@H](C)CN(C(=O)C[NH+]2CCN(C(=S)NCc3ccccc3)CC2)C1. The molecule has 5 nitrogen and oxygen atoms in total. The zero-order valence-corrected chi connectivity index (χ0v) is 17.4. The van der Waals surface area contributed by atoms with E-state index in [9.17, 15) is 4.79 Å². The van der Waals surface area contributed by atoms with E-state index >= 15 is 0 Å². The minimum atomic E-state index is 0.321. The van der Waals surface area contributed by atoms with Gasteiger partial charge in [-0.3, -0.25) is 4.79 Å². The van der Waals surface area contributed by atoms with Crippen LogP contribution in [0.4, 0.5) is 0 Å². The van der Waals surface area contributed by atoms with E-state index in [0.29, 0.717) is 24.3 Å². The number of rotatable bonds is 4. The Labute approximate surface area is 168 Å². The second-order valence-corrected chi connectivity index (χ2v) is 8.69. The molecule has 0 unspecified atom stereocenters. The first-order chi connectivity index (χ1) is 13.0. The van der Waals surface area contributed by atoms with Gasteiger partial charge in [0, 0.05) is 19.6 Å². The van der Waals surface area contributed by atoms with Crippen LogP contribution < -0.4 is 10.2 Å². The van der Waals surface area contributed by atoms with Gasteiger partial charge >= 0.3 is 0 Å². The van der Waals surface area contributed by atoms with Crippen LogP contribution in [-0.4, -0.2) is 66.6 Å². The molecule has 1 aromatic rings. The molecule has 2 heterocycles. The molecule has 27 heavy (non-hydrogen) atoms. The smallest absolute Gasteiger partial charge is 0.277 e. The first kappa shape index (κ1) is 20.1. The van der Waals surface area contributed by atoms with E-state index in [4.69, 9.17) is 12.2 Å². The summed E-state index contributed by atoms with van der Waals surface area (Å²) in [6.07, 6.45) is 1.24. The highest BCUT2D eigenvalue weighted by Gasteiger charge is 2.29. The minimum absolute atomic E-state index is 0.321. The number of likely N-dealkylation sites (tertiary alicyclic amines) is 1. The summed E-state index contributed by atoms with van der Waals surface area (Å²) in [5, 5.41) is 4.18. The van der Waals surface area contributed by atoms with Gasteiger partial charge in [-0.05, 0) is 36.0 Å². The first-order valence-corrected chi connectivity index (χ1v) is 10.6. The van der Waals surface area contributed by atoms with Gasteiger partial charge in [0.05, 0.1) is 26.2 Å². The molecule has 3 rings (SSSR count). The Morgan fingerprint density at radius 2 is 1.74 bits per heavy atom. The van der Waals surface area contributed by atoms with Crippen LogP contribution >= 0.6 is 12.2 Å². The second kappa shape index (κ2) is 9.51. The van der Waals surface area contributed by atoms with Crippen LogP contribution in [0.5, 0.6) is 0 Å². The third-order valence-electron chi connectivity index (χ3n) is 5.67. The van der Waals surface area contributed by atoms with Crippen LogP contribution in [0.1, 0.15) is 25.8 Å². The van der Waals surface area contributed by atoms with E-state index in [2.05, 4.69) is 41.1 Å². The Morgan fingerprint density at radius 1 is 1.11 bits per heavy atom. The number of benzene rings is 1. The number of piperidine rings is 1. The van der Waals surface area contributed by atoms with Crippen LogP contribution in [0.2, 0.25) is 0 Å². The van der Waals surface area contributed by atoms with Crippen LogP contribution in [-0.2, 0) is 11.3 Å². The number of carbonyl (C=O) groups is 1. The number of thiocarbonyl (C=S) groups is 1. The summed E-state index contributed by atoms with van der Waals surface area (Å²) in [6, 6.07) is 10.3. The molecule has 2 aliphatic heterocycles. The third kappa shape index (κ3) is 5.91. The highest BCUT2D eigenvalue weighted by molar-refractivity contribution is 7.80. The van der Waals surface area contributed by atoms with Gasteiger partial charge in [0.15, 0.2) is 11.7 Å². The predicted molar refractivity (Wildman–Crippen MR) is 113 cm³/mol. The van der Waals surface area contributed by atoms with Crippen LogP contribution in [0, 0.1) is 11.8 Å². The summed E-state index contributed by atoms with van der Waals surface area (Å²) in [7, 11) is 0. The maximum Gasteiger partial charge on any atom is 0.277 e. The number of nitrogens with one attached hydrogen (secondary N) is 2. The second-order valence-electron chi connectivity index (χ2n) is 8.30. The zero-order valence-electron chi connectivity index (χ0n) is 16.6. The van der Waals surface area contributed by atoms with Gasteiger partial charge in [-0.15, -0.1) is 0 Å². The number of amides is 1. The van der Waals surface area contributed by atoms with E-state index in [1.165, 1.54) is 16.9 Å². The van der Waals surface area contributed by atoms with Gasteiger partial charge in [0.1, 0.15) is 0 Å². The molecule has 2 fully saturated rings. The van der Waals surface area contributed by atoms with Crippen LogP contribution in [0.3, 0.4) is 0 Å². The molecule has 0 bridgehead atoms. The average molecular weight is 390 g/mol. The lowest BCUT2D eigenvalue weighted by atomic mass is 9.92. The molecular formula is C21H33N4OS+. The molecule has 0 radical (unpaired) electrons. The molecular weight excluding hydrogens is 356 g/mol. The number of nitrogens with zero attached hydrogens (tertiary/aromatic N) is 2. The van der Waals surface area contributed by atoms with Gasteiger partial charge < -0.3 is 20.0 Å². The van der Waals surface area contributed by atoms with Crippen molar-refractivity contribution in [3.63, 3.8) is 0 Å². The summed E-state index contributed by atoms with van der Waals surface area (Å²) in [5.74, 6) is 1.57. The fraction of sp³-hybridized carbons (Fsp3) is 0.619. The molecule has 2 aliphatic rings. The van der Waals surface area contributed by atoms with Crippen molar-refractivity contribution in [2.45, 2.75) is 26.8 Å². The number of hydrogen-bond acceptors (Lipinski definition) is 2. The topological polar surface area (TPSA) is 40.0 Å². The van der Waals surface area contributed by atoms with Gasteiger partial charge in [0.2, 0.25) is 0 Å². The maximum absolute atomic E-state index is 12.7. The van der Waals surface area contributed by atoms with Crippen LogP contribution in [0.25, 0.3) is 0 Å². The van der Waals surface area contributed by atoms with Crippen molar-refractivity contribution in [3.05, 3.63) is 35.9 Å². The lowest BCUT2D eigenvalue weighted by molar-refractivity contribution is -0.896. The Balaban J connectivity index is 1.39. The zero-order chi connectivity index (χ0) is 19.2. The summed E-state index contributed by atoms with van der Waals surface area (Å²) in [4.78, 5) is 18.4. The molecule has 2 atom stereocenters. The van der Waals surface area contributed by atoms with Crippen molar-refractivity contribution in [2.75, 3.05) is 45.8 Å². The van der Waals surface area contributed by atoms with Crippen molar-refractivity contribution in [1.29, 1.82) is 0 Å². The van der Waals surface area contributed by atoms with E-state index in [1.807, 2.05) is 18.2 Å². The lowest BCUT2D eigenvalue weighted by Crippen LogP contribution is -3.16. The molecule has 0 aromatic heterocycles. The van der Waals surface area contributed by atoms with Crippen molar-refractivity contribution in [1.82, 2.24) is 15.1 Å². The Hall–Kier alpha value is -1.66. The minimum Gasteiger partial charge on any atom is -0.358 e. The number of quaternary nitrogens is 1. The standard InChI is InChI=1S/C21H32N4OS/c1-17-12-18(2)15-25(14-17)20(26)16-23-8-10-24(11-9-23)21(27)22-13-19-6-4-3-5-7-19/h3-7,17-18H,8-16H2,1-2H3,(H,22,27)/p+1/t17-,18-/m0/s1. The van der Waals surface area contributed by atoms with Gasteiger partial charge in [-0.25, -0.2) is 0 Å². The third-order valence-corrected chi connectivity index (χ3v) is 6.07. The van der Waals surface area contributed by atoms with Crippen molar-refractivity contribution in [2.24, 2.45) is 11.8 Å². The number of hydrogen-bond donors (Lipinski definition) is 2. The average Bonchev–Trinajstić information content (AvgIpc) is 2.66. The number of carbonyl (C=O) groups excluding carboxylic acids is 1. The normalized spacial score (nSPS) is 23.9. The van der Waals surface area contributed by atoms with E-state index in [-0.39, 0.29) is 0 Å². The van der Waals surface area contributed by atoms with Crippen molar-refractivity contribution in [3.8, 4) is 0 Å². The maximum atomic E-state index is 12.7. The predicted octanol–water partition coefficient (Wildman–Crippen LogP) is 0.766. The van der Waals surface area contributed by atoms with E-state index < -0.39 is 0 Å². The molecule has 2 saturated heterocycles. The lowest BCUT2D eigenvalue weighted by Gasteiger charge is -2.37. The summed E-state index contributed by atoms with van der Waals surface area (Å²) in [6.45, 7) is 11.5. The monoisotopic (exact) mass is 389 g/mol. The quantitative estimate of drug-likeness (QED) is 0.747. The molecule has 0 saturated carbocycles. The van der Waals surface area contributed by atoms with Gasteiger partial charge in [-0.1, -0.05) is 44.2 Å². The molecule has 0 spiro atoms. The first-order valence-electron chi connectivity index (χ1n) is 10.2. The highest BCUT2D eigenvalue weighted by atomic mass is 32.1. The van der Waals surface area contributed by atoms with Gasteiger partial charge in [0.25, 0.3) is 5.91 Å². The fourth-order valence-corrected chi connectivity index (χ4v) is 4.54. The van der Waals surface area contributed by atoms with E-state index in [0.717, 1.165) is 50.9 Å². The molecule has 0 aliphatic carbocycles. The van der Waals surface area contributed by atoms with Crippen molar-refractivity contribution < 1.29 is 9.69 Å². The Morgan fingerprint density at radius 3 is 2.37 bits per heavy atom.